The van der Waals surface area contributed by atoms with Gasteiger partial charge in [-0.15, -0.1) is 0 Å². The van der Waals surface area contributed by atoms with Crippen LogP contribution in [-0.2, 0) is 4.74 Å². The summed E-state index contributed by atoms with van der Waals surface area (Å²) in [5.41, 5.74) is 6.12. The molecule has 0 bridgehead atoms. The highest BCUT2D eigenvalue weighted by atomic mass is 16.5. The summed E-state index contributed by atoms with van der Waals surface area (Å²) < 4.78 is 11.0. The molecule has 1 aliphatic heterocycles. The zero-order chi connectivity index (χ0) is 12.1. The molecule has 0 spiro atoms. The molecule has 0 amide bonds. The lowest BCUT2D eigenvalue weighted by Crippen LogP contribution is -2.27. The van der Waals surface area contributed by atoms with Crippen molar-refractivity contribution < 1.29 is 14.7 Å². The topological polar surface area (TPSA) is 90.0 Å². The Bertz CT molecular complexity index is 403. The van der Waals surface area contributed by atoms with Gasteiger partial charge in [-0.05, 0) is 6.07 Å². The fourth-order valence-corrected chi connectivity index (χ4v) is 1.71. The summed E-state index contributed by atoms with van der Waals surface area (Å²) in [6, 6.07) is 1.66. The van der Waals surface area contributed by atoms with Crippen molar-refractivity contribution in [3.05, 3.63) is 24.0 Å². The third kappa shape index (κ3) is 2.85. The Labute approximate surface area is 99.0 Å². The van der Waals surface area contributed by atoms with Gasteiger partial charge in [0.25, 0.3) is 0 Å². The number of hydrogen-bond donors (Lipinski definition) is 2. The van der Waals surface area contributed by atoms with Crippen LogP contribution in [0.25, 0.3) is 0 Å². The molecule has 1 aliphatic rings. The molecule has 1 fully saturated rings. The summed E-state index contributed by atoms with van der Waals surface area (Å²) in [6.07, 6.45) is 4.92. The Balaban J connectivity index is 2.14. The summed E-state index contributed by atoms with van der Waals surface area (Å²) in [5, 5.41) is 11.7. The van der Waals surface area contributed by atoms with Gasteiger partial charge in [-0.1, -0.05) is 5.16 Å². The number of hydrogen-bond acceptors (Lipinski definition) is 5. The van der Waals surface area contributed by atoms with Crippen molar-refractivity contribution in [3.63, 3.8) is 0 Å². The molecule has 0 unspecified atom stereocenters. The van der Waals surface area contributed by atoms with Crippen LogP contribution in [-0.4, -0.2) is 35.3 Å². The molecule has 6 nitrogen and oxygen atoms in total. The van der Waals surface area contributed by atoms with Crippen LogP contribution < -0.4 is 10.5 Å². The van der Waals surface area contributed by atoms with Gasteiger partial charge in [0.1, 0.15) is 11.9 Å². The van der Waals surface area contributed by atoms with Crippen LogP contribution in [0.5, 0.6) is 5.75 Å². The number of ether oxygens (including phenoxy) is 2. The molecule has 0 atom stereocenters. The van der Waals surface area contributed by atoms with Gasteiger partial charge in [-0.25, -0.2) is 0 Å². The van der Waals surface area contributed by atoms with E-state index in [4.69, 9.17) is 20.4 Å². The summed E-state index contributed by atoms with van der Waals surface area (Å²) in [4.78, 5) is 3.98. The summed E-state index contributed by atoms with van der Waals surface area (Å²) in [7, 11) is 0. The van der Waals surface area contributed by atoms with Crippen LogP contribution in [0.15, 0.2) is 23.6 Å². The first kappa shape index (κ1) is 11.7. The van der Waals surface area contributed by atoms with Crippen molar-refractivity contribution in [3.8, 4) is 5.75 Å². The van der Waals surface area contributed by atoms with Gasteiger partial charge in [-0.2, -0.15) is 0 Å². The van der Waals surface area contributed by atoms with Crippen molar-refractivity contribution in [1.29, 1.82) is 0 Å². The number of rotatable bonds is 3. The number of nitrogens with zero attached hydrogens (tertiary/aromatic N) is 2. The van der Waals surface area contributed by atoms with E-state index in [-0.39, 0.29) is 11.9 Å². The number of oxime groups is 1. The Morgan fingerprint density at radius 3 is 3.00 bits per heavy atom. The third-order valence-corrected chi connectivity index (χ3v) is 2.63. The van der Waals surface area contributed by atoms with Crippen LogP contribution in [0.2, 0.25) is 0 Å². The molecule has 1 aromatic rings. The highest BCUT2D eigenvalue weighted by Gasteiger charge is 2.17. The molecule has 6 heteroatoms. The van der Waals surface area contributed by atoms with Gasteiger partial charge in [0.05, 0.1) is 25.0 Å². The van der Waals surface area contributed by atoms with Gasteiger partial charge in [0.15, 0.2) is 5.84 Å². The molecule has 17 heavy (non-hydrogen) atoms. The Morgan fingerprint density at radius 2 is 2.29 bits per heavy atom. The van der Waals surface area contributed by atoms with Crippen molar-refractivity contribution in [1.82, 2.24) is 4.98 Å². The minimum atomic E-state index is 0.0226. The highest BCUT2D eigenvalue weighted by molar-refractivity contribution is 5.99. The van der Waals surface area contributed by atoms with Crippen LogP contribution >= 0.6 is 0 Å². The summed E-state index contributed by atoms with van der Waals surface area (Å²) >= 11 is 0. The number of aromatic nitrogens is 1. The molecule has 0 aliphatic carbocycles. The van der Waals surface area contributed by atoms with Crippen molar-refractivity contribution in [2.45, 2.75) is 18.9 Å². The molecule has 2 heterocycles. The van der Waals surface area contributed by atoms with Crippen LogP contribution in [0.4, 0.5) is 0 Å². The predicted molar refractivity (Wildman–Crippen MR) is 61.2 cm³/mol. The number of nitrogens with two attached hydrogens (primary N) is 1. The second kappa shape index (κ2) is 5.49. The van der Waals surface area contributed by atoms with Gasteiger partial charge < -0.3 is 20.4 Å². The zero-order valence-corrected chi connectivity index (χ0v) is 9.37. The molecule has 92 valence electrons. The van der Waals surface area contributed by atoms with Crippen LogP contribution in [0.1, 0.15) is 18.4 Å². The zero-order valence-electron chi connectivity index (χ0n) is 9.37. The highest BCUT2D eigenvalue weighted by Crippen LogP contribution is 2.21. The van der Waals surface area contributed by atoms with Crippen LogP contribution in [0.3, 0.4) is 0 Å². The predicted octanol–water partition coefficient (Wildman–Crippen LogP) is 0.734. The van der Waals surface area contributed by atoms with Gasteiger partial charge in [0, 0.05) is 19.0 Å². The summed E-state index contributed by atoms with van der Waals surface area (Å²) in [6.45, 7) is 1.40. The Morgan fingerprint density at radius 1 is 1.53 bits per heavy atom. The van der Waals surface area contributed by atoms with Gasteiger partial charge in [0.2, 0.25) is 0 Å². The van der Waals surface area contributed by atoms with E-state index in [2.05, 4.69) is 10.1 Å². The van der Waals surface area contributed by atoms with E-state index in [0.717, 1.165) is 12.8 Å². The van der Waals surface area contributed by atoms with E-state index in [9.17, 15) is 0 Å². The van der Waals surface area contributed by atoms with Crippen molar-refractivity contribution in [2.24, 2.45) is 10.9 Å². The van der Waals surface area contributed by atoms with Gasteiger partial charge in [-0.3, -0.25) is 4.98 Å². The molecule has 2 rings (SSSR count). The standard InChI is InChI=1S/C11H15N3O3/c12-11(14-15)9-1-4-13-7-10(9)17-8-2-5-16-6-3-8/h1,4,7-8,15H,2-3,5-6H2,(H2,12,14). The maximum Gasteiger partial charge on any atom is 0.173 e. The SMILES string of the molecule is N/C(=N/O)c1ccncc1OC1CCOCC1. The largest absolute Gasteiger partial charge is 0.488 e. The lowest BCUT2D eigenvalue weighted by atomic mass is 10.1. The first-order chi connectivity index (χ1) is 8.31. The lowest BCUT2D eigenvalue weighted by Gasteiger charge is -2.24. The van der Waals surface area contributed by atoms with Crippen molar-refractivity contribution in [2.75, 3.05) is 13.2 Å². The second-order valence-corrected chi connectivity index (χ2v) is 3.79. The molecule has 0 aromatic carbocycles. The fraction of sp³-hybridized carbons (Fsp3) is 0.455. The summed E-state index contributed by atoms with van der Waals surface area (Å²) in [5.74, 6) is 0.559. The first-order valence-electron chi connectivity index (χ1n) is 5.47. The second-order valence-electron chi connectivity index (χ2n) is 3.79. The maximum absolute atomic E-state index is 8.69. The van der Waals surface area contributed by atoms with E-state index >= 15 is 0 Å². The quantitative estimate of drug-likeness (QED) is 0.350. The van der Waals surface area contributed by atoms with Gasteiger partial charge >= 0.3 is 0 Å². The average molecular weight is 237 g/mol. The first-order valence-corrected chi connectivity index (χ1v) is 5.47. The number of amidine groups is 1. The number of pyridine rings is 1. The molecule has 1 aromatic heterocycles. The molecule has 0 radical (unpaired) electrons. The molecule has 1 saturated heterocycles. The molecule has 0 saturated carbocycles. The van der Waals surface area contributed by atoms with Crippen molar-refractivity contribution >= 4 is 5.84 Å². The minimum absolute atomic E-state index is 0.0226. The average Bonchev–Trinajstić information content (AvgIpc) is 2.40. The minimum Gasteiger partial charge on any atom is -0.488 e. The molecule has 3 N–H and O–H groups in total. The third-order valence-electron chi connectivity index (χ3n) is 2.63. The van der Waals surface area contributed by atoms with E-state index < -0.39 is 0 Å². The Kier molecular flexibility index (Phi) is 3.77. The maximum atomic E-state index is 8.69. The fourth-order valence-electron chi connectivity index (χ4n) is 1.71. The monoisotopic (exact) mass is 237 g/mol. The Hall–Kier alpha value is -1.82. The van der Waals surface area contributed by atoms with Crippen LogP contribution in [0, 0.1) is 0 Å². The van der Waals surface area contributed by atoms with E-state index in [1.165, 1.54) is 0 Å². The molecular weight excluding hydrogens is 222 g/mol. The molecular formula is C11H15N3O3. The lowest BCUT2D eigenvalue weighted by molar-refractivity contribution is 0.0253. The normalized spacial score (nSPS) is 18.0. The van der Waals surface area contributed by atoms with E-state index in [0.29, 0.717) is 24.5 Å². The van der Waals surface area contributed by atoms with E-state index in [1.54, 1.807) is 18.5 Å². The van der Waals surface area contributed by atoms with E-state index in [1.807, 2.05) is 0 Å². The smallest absolute Gasteiger partial charge is 0.173 e.